The number of ether oxygens (including phenoxy) is 1. The van der Waals surface area contributed by atoms with Crippen LogP contribution in [0.3, 0.4) is 0 Å². The lowest BCUT2D eigenvalue weighted by atomic mass is 9.71. The molecule has 2 N–H and O–H groups in total. The summed E-state index contributed by atoms with van der Waals surface area (Å²) in [6.07, 6.45) is 7.25. The molecule has 5 rings (SSSR count). The second-order valence-corrected chi connectivity index (χ2v) is 10.8. The summed E-state index contributed by atoms with van der Waals surface area (Å²) in [5, 5.41) is 0. The second kappa shape index (κ2) is 8.73. The van der Waals surface area contributed by atoms with Crippen LogP contribution in [0, 0.1) is 5.41 Å². The Labute approximate surface area is 197 Å². The Bertz CT molecular complexity index is 1020. The summed E-state index contributed by atoms with van der Waals surface area (Å²) in [6.45, 7) is 9.60. The van der Waals surface area contributed by atoms with E-state index in [0.29, 0.717) is 17.7 Å². The van der Waals surface area contributed by atoms with E-state index >= 15 is 0 Å². The molecule has 2 aromatic rings. The molecule has 1 spiro atoms. The highest BCUT2D eigenvalue weighted by atomic mass is 16.5. The van der Waals surface area contributed by atoms with Gasteiger partial charge in [-0.3, -0.25) is 14.7 Å². The van der Waals surface area contributed by atoms with Gasteiger partial charge in [0.25, 0.3) is 5.91 Å². The van der Waals surface area contributed by atoms with E-state index in [-0.39, 0.29) is 11.5 Å². The van der Waals surface area contributed by atoms with Crippen LogP contribution >= 0.6 is 0 Å². The Morgan fingerprint density at radius 3 is 2.55 bits per heavy atom. The largest absolute Gasteiger partial charge is 0.487 e. The molecule has 0 radical (unpaired) electrons. The first-order chi connectivity index (χ1) is 15.9. The zero-order chi connectivity index (χ0) is 23.1. The number of likely N-dealkylation sites (tertiary alicyclic amines) is 2. The number of nitrogens with zero attached hydrogens (tertiary/aromatic N) is 3. The molecule has 3 aliphatic heterocycles. The standard InChI is InChI=1S/C27H36N4O2/c1-26(2)17-21-4-3-5-22(24(21)33-26)19-30-12-7-27(8-13-30)9-14-31(15-10-27)25(32)23-16-20(18-28)6-11-29-23/h3-6,11,16H,7-10,12-15,17-19,28H2,1-2H3. The number of carbonyl (C=O) groups excluding carboxylic acids is 1. The van der Waals surface area contributed by atoms with Crippen molar-refractivity contribution in [1.29, 1.82) is 0 Å². The zero-order valence-electron chi connectivity index (χ0n) is 20.0. The van der Waals surface area contributed by atoms with E-state index in [1.807, 2.05) is 17.0 Å². The average Bonchev–Trinajstić information content (AvgIpc) is 3.16. The lowest BCUT2D eigenvalue weighted by Gasteiger charge is -2.47. The minimum absolute atomic E-state index is 0.0402. The molecular formula is C27H36N4O2. The van der Waals surface area contributed by atoms with Crippen molar-refractivity contribution < 1.29 is 9.53 Å². The van der Waals surface area contributed by atoms with Crippen LogP contribution in [0.5, 0.6) is 5.75 Å². The molecule has 1 amide bonds. The molecule has 0 saturated carbocycles. The van der Waals surface area contributed by atoms with Gasteiger partial charge in [-0.1, -0.05) is 18.2 Å². The first-order valence-electron chi connectivity index (χ1n) is 12.3. The minimum atomic E-state index is -0.100. The molecule has 176 valence electrons. The maximum atomic E-state index is 12.9. The van der Waals surface area contributed by atoms with Crippen molar-refractivity contribution in [3.8, 4) is 5.75 Å². The van der Waals surface area contributed by atoms with Gasteiger partial charge in [-0.25, -0.2) is 0 Å². The van der Waals surface area contributed by atoms with Crippen molar-refractivity contribution in [2.24, 2.45) is 11.1 Å². The minimum Gasteiger partial charge on any atom is -0.487 e. The average molecular weight is 449 g/mol. The molecule has 0 bridgehead atoms. The number of nitrogens with two attached hydrogens (primary N) is 1. The van der Waals surface area contributed by atoms with Crippen LogP contribution in [0.25, 0.3) is 0 Å². The highest BCUT2D eigenvalue weighted by Gasteiger charge is 2.39. The van der Waals surface area contributed by atoms with Crippen molar-refractivity contribution in [3.63, 3.8) is 0 Å². The van der Waals surface area contributed by atoms with E-state index in [1.54, 1.807) is 6.20 Å². The zero-order valence-corrected chi connectivity index (χ0v) is 20.0. The van der Waals surface area contributed by atoms with Gasteiger partial charge in [0.1, 0.15) is 17.0 Å². The number of carbonyl (C=O) groups is 1. The summed E-state index contributed by atoms with van der Waals surface area (Å²) in [6, 6.07) is 10.3. The molecule has 0 unspecified atom stereocenters. The molecule has 0 aliphatic carbocycles. The van der Waals surface area contributed by atoms with Crippen LogP contribution in [0.4, 0.5) is 0 Å². The second-order valence-electron chi connectivity index (χ2n) is 10.8. The van der Waals surface area contributed by atoms with Gasteiger partial charge in [0.15, 0.2) is 0 Å². The van der Waals surface area contributed by atoms with E-state index < -0.39 is 0 Å². The summed E-state index contributed by atoms with van der Waals surface area (Å²) >= 11 is 0. The van der Waals surface area contributed by atoms with Crippen molar-refractivity contribution in [2.75, 3.05) is 26.2 Å². The Morgan fingerprint density at radius 1 is 1.09 bits per heavy atom. The third-order valence-corrected chi connectivity index (χ3v) is 7.87. The fourth-order valence-electron chi connectivity index (χ4n) is 5.79. The lowest BCUT2D eigenvalue weighted by Crippen LogP contribution is -2.48. The predicted octanol–water partition coefficient (Wildman–Crippen LogP) is 3.77. The molecule has 1 aromatic carbocycles. The number of hydrogen-bond acceptors (Lipinski definition) is 5. The molecular weight excluding hydrogens is 412 g/mol. The maximum Gasteiger partial charge on any atom is 0.272 e. The van der Waals surface area contributed by atoms with Gasteiger partial charge in [0.2, 0.25) is 0 Å². The SMILES string of the molecule is CC1(C)Cc2cccc(CN3CCC4(CC3)CCN(C(=O)c3cc(CN)ccn3)CC4)c2O1. The van der Waals surface area contributed by atoms with Gasteiger partial charge in [-0.05, 0) is 81.3 Å². The van der Waals surface area contributed by atoms with Crippen molar-refractivity contribution >= 4 is 5.91 Å². The molecule has 1 aromatic heterocycles. The number of amides is 1. The van der Waals surface area contributed by atoms with E-state index in [2.05, 4.69) is 41.9 Å². The van der Waals surface area contributed by atoms with Gasteiger partial charge >= 0.3 is 0 Å². The van der Waals surface area contributed by atoms with Crippen LogP contribution in [0.1, 0.15) is 66.7 Å². The fraction of sp³-hybridized carbons (Fsp3) is 0.556. The summed E-state index contributed by atoms with van der Waals surface area (Å²) in [5.41, 5.74) is 10.1. The molecule has 33 heavy (non-hydrogen) atoms. The number of piperidine rings is 2. The molecule has 2 saturated heterocycles. The van der Waals surface area contributed by atoms with Crippen molar-refractivity contribution in [3.05, 3.63) is 58.9 Å². The van der Waals surface area contributed by atoms with Crippen LogP contribution in [-0.2, 0) is 19.5 Å². The summed E-state index contributed by atoms with van der Waals surface area (Å²) in [4.78, 5) is 21.8. The van der Waals surface area contributed by atoms with Gasteiger partial charge < -0.3 is 15.4 Å². The van der Waals surface area contributed by atoms with Gasteiger partial charge in [0.05, 0.1) is 0 Å². The Balaban J connectivity index is 1.16. The maximum absolute atomic E-state index is 12.9. The number of hydrogen-bond donors (Lipinski definition) is 1. The lowest BCUT2D eigenvalue weighted by molar-refractivity contribution is 0.0279. The fourth-order valence-corrected chi connectivity index (χ4v) is 5.79. The van der Waals surface area contributed by atoms with Crippen LogP contribution < -0.4 is 10.5 Å². The summed E-state index contributed by atoms with van der Waals surface area (Å²) in [5.74, 6) is 1.15. The van der Waals surface area contributed by atoms with E-state index in [9.17, 15) is 4.79 Å². The Hall–Kier alpha value is -2.44. The van der Waals surface area contributed by atoms with E-state index in [0.717, 1.165) is 63.3 Å². The highest BCUT2D eigenvalue weighted by molar-refractivity contribution is 5.92. The molecule has 6 heteroatoms. The van der Waals surface area contributed by atoms with E-state index in [1.165, 1.54) is 24.0 Å². The van der Waals surface area contributed by atoms with Gasteiger partial charge in [-0.15, -0.1) is 0 Å². The number of para-hydroxylation sites is 1. The normalized spacial score (nSPS) is 21.6. The van der Waals surface area contributed by atoms with Crippen molar-refractivity contribution in [1.82, 2.24) is 14.8 Å². The van der Waals surface area contributed by atoms with Gasteiger partial charge in [0, 0.05) is 44.4 Å². The van der Waals surface area contributed by atoms with Crippen LogP contribution in [-0.4, -0.2) is 52.5 Å². The predicted molar refractivity (Wildman–Crippen MR) is 129 cm³/mol. The topological polar surface area (TPSA) is 71.7 Å². The highest BCUT2D eigenvalue weighted by Crippen LogP contribution is 2.43. The first kappa shape index (κ1) is 22.4. The molecule has 2 fully saturated rings. The van der Waals surface area contributed by atoms with Crippen molar-refractivity contribution in [2.45, 2.75) is 64.6 Å². The van der Waals surface area contributed by atoms with Crippen LogP contribution in [0.2, 0.25) is 0 Å². The third-order valence-electron chi connectivity index (χ3n) is 7.87. The number of rotatable bonds is 4. The Kier molecular flexibility index (Phi) is 5.91. The van der Waals surface area contributed by atoms with Crippen LogP contribution in [0.15, 0.2) is 36.5 Å². The smallest absolute Gasteiger partial charge is 0.272 e. The third kappa shape index (κ3) is 4.64. The first-order valence-corrected chi connectivity index (χ1v) is 12.3. The number of pyridine rings is 1. The Morgan fingerprint density at radius 2 is 1.82 bits per heavy atom. The quantitative estimate of drug-likeness (QED) is 0.771. The molecule has 0 atom stereocenters. The monoisotopic (exact) mass is 448 g/mol. The van der Waals surface area contributed by atoms with Gasteiger partial charge in [-0.2, -0.15) is 0 Å². The molecule has 6 nitrogen and oxygen atoms in total. The number of fused-ring (bicyclic) bond motifs is 1. The van der Waals surface area contributed by atoms with E-state index in [4.69, 9.17) is 10.5 Å². The number of aromatic nitrogens is 1. The summed E-state index contributed by atoms with van der Waals surface area (Å²) in [7, 11) is 0. The molecule has 4 heterocycles. The summed E-state index contributed by atoms with van der Waals surface area (Å²) < 4.78 is 6.29. The molecule has 3 aliphatic rings. The number of benzene rings is 1.